The first-order valence-electron chi connectivity index (χ1n) is 4.68. The summed E-state index contributed by atoms with van der Waals surface area (Å²) in [6.45, 7) is 8.70. The summed E-state index contributed by atoms with van der Waals surface area (Å²) in [7, 11) is -1.45. The van der Waals surface area contributed by atoms with Crippen molar-refractivity contribution in [2.45, 2.75) is 26.6 Å². The van der Waals surface area contributed by atoms with E-state index in [0.29, 0.717) is 0 Å². The first-order valence-corrected chi connectivity index (χ1v) is 9.26. The molecule has 76 valence electrons. The summed E-state index contributed by atoms with van der Waals surface area (Å²) in [5.41, 5.74) is 2.48. The summed E-state index contributed by atoms with van der Waals surface area (Å²) in [5.74, 6) is 0. The predicted octanol–water partition coefficient (Wildman–Crippen LogP) is 2.49. The van der Waals surface area contributed by atoms with Crippen LogP contribution in [0.25, 0.3) is 0 Å². The van der Waals surface area contributed by atoms with Crippen LogP contribution in [0.2, 0.25) is 19.6 Å². The molecule has 0 amide bonds. The minimum absolute atomic E-state index is 1.06. The quantitative estimate of drug-likeness (QED) is 0.778. The van der Waals surface area contributed by atoms with Crippen LogP contribution in [0.3, 0.4) is 0 Å². The molecule has 0 saturated carbocycles. The van der Waals surface area contributed by atoms with E-state index < -0.39 is 8.32 Å². The molecule has 0 radical (unpaired) electrons. The molecular weight excluding hydrogens is 304 g/mol. The molecular formula is C11H16OSiTe. The Kier molecular flexibility index (Phi) is 3.94. The van der Waals surface area contributed by atoms with E-state index in [9.17, 15) is 0 Å². The second-order valence-electron chi connectivity index (χ2n) is 4.37. The fourth-order valence-electron chi connectivity index (χ4n) is 1.03. The van der Waals surface area contributed by atoms with E-state index in [2.05, 4.69) is 50.8 Å². The summed E-state index contributed by atoms with van der Waals surface area (Å²) in [6, 6.07) is 8.47. The Labute approximate surface area is 100 Å². The molecule has 0 aliphatic heterocycles. The van der Waals surface area contributed by atoms with Crippen molar-refractivity contribution in [1.29, 1.82) is 0 Å². The van der Waals surface area contributed by atoms with Gasteiger partial charge >= 0.3 is 100 Å². The molecule has 1 rings (SSSR count). The van der Waals surface area contributed by atoms with E-state index in [0.717, 1.165) is 3.74 Å². The van der Waals surface area contributed by atoms with Gasteiger partial charge in [0.25, 0.3) is 0 Å². The molecule has 1 aromatic carbocycles. The molecule has 0 fully saturated rings. The van der Waals surface area contributed by atoms with Crippen LogP contribution < -0.4 is 0 Å². The summed E-state index contributed by atoms with van der Waals surface area (Å²) in [4.78, 5) is 0. The molecule has 1 aromatic rings. The zero-order chi connectivity index (χ0) is 10.8. The molecule has 0 unspecified atom stereocenters. The van der Waals surface area contributed by atoms with E-state index in [1.807, 2.05) is 21.8 Å². The normalized spacial score (nSPS) is 11.1. The van der Waals surface area contributed by atoms with Crippen LogP contribution in [-0.2, 0) is 4.43 Å². The molecule has 0 heterocycles. The molecule has 0 atom stereocenters. The fourth-order valence-corrected chi connectivity index (χ4v) is 4.23. The number of aryl methyl sites for hydroxylation is 1. The maximum atomic E-state index is 5.92. The Morgan fingerprint density at radius 1 is 1.14 bits per heavy atom. The van der Waals surface area contributed by atoms with Crippen molar-refractivity contribution in [3.8, 4) is 0 Å². The van der Waals surface area contributed by atoms with Gasteiger partial charge in [-0.2, -0.15) is 0 Å². The van der Waals surface area contributed by atoms with E-state index >= 15 is 0 Å². The number of hydrogen-bond acceptors (Lipinski definition) is 1. The Morgan fingerprint density at radius 2 is 1.64 bits per heavy atom. The third-order valence-corrected chi connectivity index (χ3v) is 3.87. The standard InChI is InChI=1S/C11H16OSiTe/c1-9-5-7-10(8-6-9)11(14)12-13(2,3)4/h5-8H,1-4H3. The van der Waals surface area contributed by atoms with Crippen LogP contribution in [0.4, 0.5) is 0 Å². The minimum atomic E-state index is -1.45. The van der Waals surface area contributed by atoms with Crippen LogP contribution in [-0.4, -0.2) is 33.9 Å². The second kappa shape index (κ2) is 4.61. The Hall–Kier alpha value is -0.104. The predicted molar refractivity (Wildman–Crippen MR) is 65.5 cm³/mol. The van der Waals surface area contributed by atoms with E-state index in [4.69, 9.17) is 4.43 Å². The molecule has 0 aliphatic carbocycles. The summed E-state index contributed by atoms with van der Waals surface area (Å²) in [6.07, 6.45) is 0. The van der Waals surface area contributed by atoms with Gasteiger partial charge in [-0.05, 0) is 0 Å². The van der Waals surface area contributed by atoms with E-state index in [1.54, 1.807) is 0 Å². The molecule has 14 heavy (non-hydrogen) atoms. The van der Waals surface area contributed by atoms with Crippen molar-refractivity contribution in [1.82, 2.24) is 0 Å². The third kappa shape index (κ3) is 3.96. The molecule has 0 spiro atoms. The van der Waals surface area contributed by atoms with Gasteiger partial charge in [0.1, 0.15) is 0 Å². The Bertz CT molecular complexity index is 324. The van der Waals surface area contributed by atoms with Gasteiger partial charge in [0.05, 0.1) is 0 Å². The van der Waals surface area contributed by atoms with Crippen molar-refractivity contribution < 1.29 is 4.43 Å². The van der Waals surface area contributed by atoms with Crippen LogP contribution >= 0.6 is 0 Å². The maximum absolute atomic E-state index is 5.92. The summed E-state index contributed by atoms with van der Waals surface area (Å²) >= 11 is 1.97. The molecule has 0 bridgehead atoms. The average Bonchev–Trinajstić information content (AvgIpc) is 2.02. The Balaban J connectivity index is 2.76. The van der Waals surface area contributed by atoms with Gasteiger partial charge in [-0.3, -0.25) is 0 Å². The number of rotatable bonds is 3. The van der Waals surface area contributed by atoms with Gasteiger partial charge in [0, 0.05) is 0 Å². The van der Waals surface area contributed by atoms with Gasteiger partial charge in [-0.1, -0.05) is 0 Å². The van der Waals surface area contributed by atoms with Gasteiger partial charge < -0.3 is 0 Å². The van der Waals surface area contributed by atoms with Crippen LogP contribution in [0.5, 0.6) is 0 Å². The zero-order valence-electron chi connectivity index (χ0n) is 9.13. The second-order valence-corrected chi connectivity index (χ2v) is 9.86. The summed E-state index contributed by atoms with van der Waals surface area (Å²) < 4.78 is 6.98. The van der Waals surface area contributed by atoms with Gasteiger partial charge in [0.15, 0.2) is 0 Å². The van der Waals surface area contributed by atoms with Crippen molar-refractivity contribution in [2.24, 2.45) is 0 Å². The van der Waals surface area contributed by atoms with Crippen LogP contribution in [0, 0.1) is 6.92 Å². The van der Waals surface area contributed by atoms with Crippen LogP contribution in [0.1, 0.15) is 11.1 Å². The first-order chi connectivity index (χ1) is 6.38. The summed E-state index contributed by atoms with van der Waals surface area (Å²) in [5, 5.41) is 0. The molecule has 0 aromatic heterocycles. The number of hydrogen-bond donors (Lipinski definition) is 0. The van der Waals surface area contributed by atoms with E-state index in [1.165, 1.54) is 11.1 Å². The first kappa shape index (κ1) is 12.0. The van der Waals surface area contributed by atoms with Crippen molar-refractivity contribution in [3.05, 3.63) is 35.4 Å². The fraction of sp³-hybridized carbons (Fsp3) is 0.364. The zero-order valence-corrected chi connectivity index (χ0v) is 12.5. The molecule has 0 N–H and O–H groups in total. The van der Waals surface area contributed by atoms with Crippen molar-refractivity contribution >= 4 is 33.9 Å². The monoisotopic (exact) mass is 322 g/mol. The van der Waals surface area contributed by atoms with Crippen LogP contribution in [0.15, 0.2) is 24.3 Å². The molecule has 0 aliphatic rings. The van der Waals surface area contributed by atoms with Gasteiger partial charge in [-0.25, -0.2) is 0 Å². The third-order valence-electron chi connectivity index (χ3n) is 1.69. The topological polar surface area (TPSA) is 9.23 Å². The number of benzene rings is 1. The molecule has 3 heteroatoms. The SMILES string of the molecule is Cc1ccc(C(=[Te])O[Si](C)(C)C)cc1. The van der Waals surface area contributed by atoms with Gasteiger partial charge in [0.2, 0.25) is 0 Å². The average molecular weight is 320 g/mol. The van der Waals surface area contributed by atoms with Crippen molar-refractivity contribution in [2.75, 3.05) is 0 Å². The van der Waals surface area contributed by atoms with E-state index in [-0.39, 0.29) is 0 Å². The Morgan fingerprint density at radius 3 is 2.07 bits per heavy atom. The molecule has 1 nitrogen and oxygen atoms in total. The molecule has 0 saturated heterocycles. The van der Waals surface area contributed by atoms with Gasteiger partial charge in [-0.15, -0.1) is 0 Å². The van der Waals surface area contributed by atoms with Crippen molar-refractivity contribution in [3.63, 3.8) is 0 Å².